The van der Waals surface area contributed by atoms with Gasteiger partial charge in [0.1, 0.15) is 0 Å². The summed E-state index contributed by atoms with van der Waals surface area (Å²) in [7, 11) is 0. The maximum atomic E-state index is 12.1. The summed E-state index contributed by atoms with van der Waals surface area (Å²) in [5.41, 5.74) is 0. The average Bonchev–Trinajstić information content (AvgIpc) is 3.17. The van der Waals surface area contributed by atoms with Crippen molar-refractivity contribution in [1.29, 1.82) is 0 Å². The van der Waals surface area contributed by atoms with E-state index in [1.165, 1.54) is 0 Å². The Kier molecular flexibility index (Phi) is 7.41. The quantitative estimate of drug-likeness (QED) is 0.606. The minimum atomic E-state index is -0.748. The van der Waals surface area contributed by atoms with Crippen LogP contribution >= 0.6 is 0 Å². The van der Waals surface area contributed by atoms with Crippen LogP contribution in [-0.2, 0) is 4.79 Å². The molecule has 0 saturated heterocycles. The molecule has 0 atom stereocenters. The average molecular weight is 284 g/mol. The van der Waals surface area contributed by atoms with E-state index in [0.717, 1.165) is 38.6 Å². The molecular formula is C15H28N2O3. The summed E-state index contributed by atoms with van der Waals surface area (Å²) in [6.07, 6.45) is 5.90. The van der Waals surface area contributed by atoms with Crippen LogP contribution in [0, 0.1) is 5.92 Å². The summed E-state index contributed by atoms with van der Waals surface area (Å²) >= 11 is 0. The number of carboxylic acid groups (broad SMARTS) is 1. The number of hydrogen-bond donors (Lipinski definition) is 2. The summed E-state index contributed by atoms with van der Waals surface area (Å²) in [6, 6.07) is 0.493. The monoisotopic (exact) mass is 284 g/mol. The predicted molar refractivity (Wildman–Crippen MR) is 78.7 cm³/mol. The lowest BCUT2D eigenvalue weighted by Gasteiger charge is -2.23. The van der Waals surface area contributed by atoms with Crippen LogP contribution in [0.1, 0.15) is 58.8 Å². The Labute approximate surface area is 121 Å². The van der Waals surface area contributed by atoms with Gasteiger partial charge in [-0.3, -0.25) is 4.79 Å². The molecule has 5 heteroatoms. The first-order valence-electron chi connectivity index (χ1n) is 7.77. The minimum absolute atomic E-state index is 0.0476. The normalized spacial score (nSPS) is 14.3. The highest BCUT2D eigenvalue weighted by atomic mass is 16.4. The van der Waals surface area contributed by atoms with Gasteiger partial charge in [-0.1, -0.05) is 20.3 Å². The largest absolute Gasteiger partial charge is 0.481 e. The molecular weight excluding hydrogens is 256 g/mol. The van der Waals surface area contributed by atoms with E-state index in [9.17, 15) is 9.59 Å². The van der Waals surface area contributed by atoms with E-state index in [4.69, 9.17) is 5.11 Å². The fraction of sp³-hybridized carbons (Fsp3) is 0.867. The molecule has 0 aliphatic heterocycles. The molecule has 0 bridgehead atoms. The Morgan fingerprint density at radius 2 is 1.95 bits per heavy atom. The number of nitrogens with one attached hydrogen (secondary N) is 1. The first-order chi connectivity index (χ1) is 9.50. The number of urea groups is 1. The number of nitrogens with zero attached hydrogens (tertiary/aromatic N) is 1. The SMILES string of the molecule is CC(C)CCN(C(=O)NCCCCCC(=O)O)C1CC1. The Morgan fingerprint density at radius 1 is 1.25 bits per heavy atom. The van der Waals surface area contributed by atoms with Gasteiger partial charge in [0.15, 0.2) is 0 Å². The van der Waals surface area contributed by atoms with Gasteiger partial charge in [0, 0.05) is 25.6 Å². The Bertz CT molecular complexity index is 314. The smallest absolute Gasteiger partial charge is 0.317 e. The van der Waals surface area contributed by atoms with E-state index in [-0.39, 0.29) is 12.5 Å². The second kappa shape index (κ2) is 8.82. The zero-order valence-corrected chi connectivity index (χ0v) is 12.7. The lowest BCUT2D eigenvalue weighted by Crippen LogP contribution is -2.42. The molecule has 0 aromatic carbocycles. The van der Waals surface area contributed by atoms with Crippen molar-refractivity contribution in [3.8, 4) is 0 Å². The molecule has 20 heavy (non-hydrogen) atoms. The maximum absolute atomic E-state index is 12.1. The molecule has 2 amide bonds. The highest BCUT2D eigenvalue weighted by Crippen LogP contribution is 2.27. The van der Waals surface area contributed by atoms with Crippen LogP contribution in [0.2, 0.25) is 0 Å². The van der Waals surface area contributed by atoms with Crippen molar-refractivity contribution in [2.45, 2.75) is 64.8 Å². The summed E-state index contributed by atoms with van der Waals surface area (Å²) in [5, 5.41) is 11.5. The van der Waals surface area contributed by atoms with E-state index in [1.54, 1.807) is 0 Å². The van der Waals surface area contributed by atoms with E-state index < -0.39 is 5.97 Å². The van der Waals surface area contributed by atoms with Crippen molar-refractivity contribution >= 4 is 12.0 Å². The predicted octanol–water partition coefficient (Wildman–Crippen LogP) is 2.85. The van der Waals surface area contributed by atoms with E-state index in [1.807, 2.05) is 4.90 Å². The number of carbonyl (C=O) groups is 2. The van der Waals surface area contributed by atoms with Crippen LogP contribution in [0.15, 0.2) is 0 Å². The number of carbonyl (C=O) groups excluding carboxylic acids is 1. The first kappa shape index (κ1) is 16.8. The Hall–Kier alpha value is -1.26. The third-order valence-electron chi connectivity index (χ3n) is 3.54. The summed E-state index contributed by atoms with van der Waals surface area (Å²) in [6.45, 7) is 5.83. The van der Waals surface area contributed by atoms with Crippen LogP contribution in [0.3, 0.4) is 0 Å². The van der Waals surface area contributed by atoms with Gasteiger partial charge < -0.3 is 15.3 Å². The summed E-state index contributed by atoms with van der Waals surface area (Å²) in [4.78, 5) is 24.4. The molecule has 5 nitrogen and oxygen atoms in total. The van der Waals surface area contributed by atoms with Crippen LogP contribution in [0.4, 0.5) is 4.79 Å². The number of carboxylic acids is 1. The number of unbranched alkanes of at least 4 members (excludes halogenated alkanes) is 2. The second-order valence-corrected chi connectivity index (χ2v) is 6.04. The molecule has 0 aromatic heterocycles. The van der Waals surface area contributed by atoms with Crippen LogP contribution < -0.4 is 5.32 Å². The third kappa shape index (κ3) is 7.36. The first-order valence-corrected chi connectivity index (χ1v) is 7.77. The van der Waals surface area contributed by atoms with Crippen molar-refractivity contribution in [2.75, 3.05) is 13.1 Å². The van der Waals surface area contributed by atoms with Crippen LogP contribution in [0.25, 0.3) is 0 Å². The molecule has 1 fully saturated rings. The van der Waals surface area contributed by atoms with Crippen molar-refractivity contribution in [3.05, 3.63) is 0 Å². The highest BCUT2D eigenvalue weighted by molar-refractivity contribution is 5.74. The maximum Gasteiger partial charge on any atom is 0.317 e. The molecule has 2 N–H and O–H groups in total. The van der Waals surface area contributed by atoms with Gasteiger partial charge in [0.05, 0.1) is 0 Å². The Morgan fingerprint density at radius 3 is 2.50 bits per heavy atom. The van der Waals surface area contributed by atoms with E-state index >= 15 is 0 Å². The molecule has 1 aliphatic rings. The molecule has 0 radical (unpaired) electrons. The Balaban J connectivity index is 2.13. The van der Waals surface area contributed by atoms with Gasteiger partial charge in [0.25, 0.3) is 0 Å². The second-order valence-electron chi connectivity index (χ2n) is 6.04. The fourth-order valence-corrected chi connectivity index (χ4v) is 2.11. The van der Waals surface area contributed by atoms with Crippen molar-refractivity contribution in [2.24, 2.45) is 5.92 Å². The standard InChI is InChI=1S/C15H28N2O3/c1-12(2)9-11-17(13-7-8-13)15(20)16-10-5-3-4-6-14(18)19/h12-13H,3-11H2,1-2H3,(H,16,20)(H,18,19). The number of aliphatic carboxylic acids is 1. The molecule has 0 heterocycles. The lowest BCUT2D eigenvalue weighted by atomic mass is 10.1. The minimum Gasteiger partial charge on any atom is -0.481 e. The van der Waals surface area contributed by atoms with E-state index in [0.29, 0.717) is 24.9 Å². The molecule has 1 aliphatic carbocycles. The van der Waals surface area contributed by atoms with Gasteiger partial charge in [-0.15, -0.1) is 0 Å². The van der Waals surface area contributed by atoms with Gasteiger partial charge in [-0.05, 0) is 38.0 Å². The molecule has 1 rings (SSSR count). The molecule has 1 saturated carbocycles. The van der Waals surface area contributed by atoms with Gasteiger partial charge >= 0.3 is 12.0 Å². The molecule has 0 aromatic rings. The molecule has 116 valence electrons. The summed E-state index contributed by atoms with van der Waals surface area (Å²) < 4.78 is 0. The van der Waals surface area contributed by atoms with Crippen LogP contribution in [0.5, 0.6) is 0 Å². The highest BCUT2D eigenvalue weighted by Gasteiger charge is 2.32. The van der Waals surface area contributed by atoms with Gasteiger partial charge in [-0.2, -0.15) is 0 Å². The molecule has 0 spiro atoms. The van der Waals surface area contributed by atoms with Crippen molar-refractivity contribution in [1.82, 2.24) is 10.2 Å². The summed E-state index contributed by atoms with van der Waals surface area (Å²) in [5.74, 6) is -0.136. The van der Waals surface area contributed by atoms with Crippen LogP contribution in [-0.4, -0.2) is 41.1 Å². The number of amides is 2. The van der Waals surface area contributed by atoms with Gasteiger partial charge in [-0.25, -0.2) is 4.79 Å². The number of rotatable bonds is 10. The van der Waals surface area contributed by atoms with E-state index in [2.05, 4.69) is 19.2 Å². The van der Waals surface area contributed by atoms with Gasteiger partial charge in [0.2, 0.25) is 0 Å². The topological polar surface area (TPSA) is 69.6 Å². The lowest BCUT2D eigenvalue weighted by molar-refractivity contribution is -0.137. The zero-order chi connectivity index (χ0) is 15.0. The van der Waals surface area contributed by atoms with Crippen molar-refractivity contribution < 1.29 is 14.7 Å². The fourth-order valence-electron chi connectivity index (χ4n) is 2.11. The molecule has 0 unspecified atom stereocenters. The number of hydrogen-bond acceptors (Lipinski definition) is 2. The third-order valence-corrected chi connectivity index (χ3v) is 3.54. The zero-order valence-electron chi connectivity index (χ0n) is 12.7. The van der Waals surface area contributed by atoms with Crippen molar-refractivity contribution in [3.63, 3.8) is 0 Å².